The van der Waals surface area contributed by atoms with Crippen LogP contribution in [0.25, 0.3) is 16.6 Å². The smallest absolute Gasteiger partial charge is 0.251 e. The predicted octanol–water partition coefficient (Wildman–Crippen LogP) is 6.68. The molecule has 2 aliphatic rings. The summed E-state index contributed by atoms with van der Waals surface area (Å²) in [6.07, 6.45) is 4.36. The summed E-state index contributed by atoms with van der Waals surface area (Å²) in [4.78, 5) is 27.5. The molecule has 1 aromatic carbocycles. The quantitative estimate of drug-likeness (QED) is 0.215. The van der Waals surface area contributed by atoms with E-state index >= 15 is 0 Å². The molecule has 1 atom stereocenters. The number of piperidine rings is 1. The summed E-state index contributed by atoms with van der Waals surface area (Å²) in [5, 5.41) is 4.84. The van der Waals surface area contributed by atoms with Crippen LogP contribution in [0.5, 0.6) is 0 Å². The fourth-order valence-corrected chi connectivity index (χ4v) is 5.33. The van der Waals surface area contributed by atoms with Crippen molar-refractivity contribution in [3.8, 4) is 0 Å². The van der Waals surface area contributed by atoms with Gasteiger partial charge in [-0.15, -0.1) is 0 Å². The van der Waals surface area contributed by atoms with Crippen LogP contribution in [0.2, 0.25) is 10.2 Å². The van der Waals surface area contributed by atoms with E-state index in [1.807, 2.05) is 34.6 Å². The summed E-state index contributed by atoms with van der Waals surface area (Å²) in [5.41, 5.74) is 3.86. The minimum absolute atomic E-state index is 0.193. The highest BCUT2D eigenvalue weighted by Gasteiger charge is 2.36. The minimum atomic E-state index is -2.67. The first-order valence-electron chi connectivity index (χ1n) is 12.3. The van der Waals surface area contributed by atoms with E-state index < -0.39 is 5.92 Å². The molecule has 11 heteroatoms. The van der Waals surface area contributed by atoms with Gasteiger partial charge in [-0.2, -0.15) is 0 Å². The average molecular weight is 545 g/mol. The number of carbonyl (C=O) groups excluding carboxylic acids is 1. The maximum Gasteiger partial charge on any atom is 0.251 e. The van der Waals surface area contributed by atoms with Crippen LogP contribution in [0.1, 0.15) is 66.3 Å². The van der Waals surface area contributed by atoms with Gasteiger partial charge in [0.1, 0.15) is 16.5 Å². The molecule has 37 heavy (non-hydrogen) atoms. The number of fused-ring (bicyclic) bond motifs is 3. The second kappa shape index (κ2) is 9.06. The zero-order chi connectivity index (χ0) is 25.9. The zero-order valence-corrected chi connectivity index (χ0v) is 21.5. The molecule has 4 heterocycles. The van der Waals surface area contributed by atoms with Gasteiger partial charge in [-0.1, -0.05) is 23.2 Å². The number of aromatic nitrogens is 4. The lowest BCUT2D eigenvalue weighted by Gasteiger charge is -2.33. The van der Waals surface area contributed by atoms with Crippen LogP contribution in [-0.4, -0.2) is 44.7 Å². The Kier molecular flexibility index (Phi) is 5.95. The third kappa shape index (κ3) is 4.59. The van der Waals surface area contributed by atoms with E-state index in [0.717, 1.165) is 29.5 Å². The van der Waals surface area contributed by atoms with E-state index in [2.05, 4.69) is 10.3 Å². The highest BCUT2D eigenvalue weighted by atomic mass is 35.5. The Morgan fingerprint density at radius 2 is 1.89 bits per heavy atom. The molecule has 0 spiro atoms. The standard InChI is InChI=1S/C26H24Cl2F2N6O/c1-14(31-19-4-5-22(28)32-21(19)13-37)17-10-16(27)11-18-23(17)34-25(35-8-6-26(29,30)7-9-35)36-12-20(15-2-3-15)33-24(18)36/h4-5,10-15,31H,2-3,6-9H2,1H3. The molecule has 1 saturated carbocycles. The molecule has 2 fully saturated rings. The number of aldehydes is 1. The maximum atomic E-state index is 14.0. The normalized spacial score (nSPS) is 18.4. The molecule has 1 unspecified atom stereocenters. The van der Waals surface area contributed by atoms with Crippen molar-refractivity contribution >= 4 is 57.7 Å². The highest BCUT2D eigenvalue weighted by Crippen LogP contribution is 2.42. The third-order valence-corrected chi connectivity index (χ3v) is 7.54. The first-order valence-corrected chi connectivity index (χ1v) is 13.0. The van der Waals surface area contributed by atoms with Gasteiger partial charge in [0.05, 0.1) is 22.9 Å². The molecule has 1 saturated heterocycles. The van der Waals surface area contributed by atoms with Crippen molar-refractivity contribution in [2.45, 2.75) is 50.5 Å². The van der Waals surface area contributed by atoms with E-state index in [1.165, 1.54) is 0 Å². The number of halogens is 4. The zero-order valence-electron chi connectivity index (χ0n) is 20.0. The SMILES string of the molecule is CC(Nc1ccc(Cl)nc1C=O)c1cc(Cl)cc2c1nc(N1CCC(F)(F)CC1)n1cc(C3CC3)nc21. The van der Waals surface area contributed by atoms with Gasteiger partial charge in [0.15, 0.2) is 6.29 Å². The molecule has 6 rings (SSSR count). The summed E-state index contributed by atoms with van der Waals surface area (Å²) >= 11 is 12.5. The Morgan fingerprint density at radius 1 is 1.14 bits per heavy atom. The molecule has 3 aromatic heterocycles. The van der Waals surface area contributed by atoms with Crippen LogP contribution in [0.3, 0.4) is 0 Å². The van der Waals surface area contributed by atoms with Crippen molar-refractivity contribution < 1.29 is 13.6 Å². The number of anilines is 2. The third-order valence-electron chi connectivity index (χ3n) is 7.11. The van der Waals surface area contributed by atoms with Gasteiger partial charge in [-0.05, 0) is 44.0 Å². The van der Waals surface area contributed by atoms with Crippen LogP contribution in [-0.2, 0) is 0 Å². The second-order valence-corrected chi connectivity index (χ2v) is 10.7. The molecule has 0 bridgehead atoms. The minimum Gasteiger partial charge on any atom is -0.377 e. The molecule has 4 aromatic rings. The molecule has 7 nitrogen and oxygen atoms in total. The summed E-state index contributed by atoms with van der Waals surface area (Å²) in [7, 11) is 0. The molecule has 0 radical (unpaired) electrons. The first-order chi connectivity index (χ1) is 17.7. The lowest BCUT2D eigenvalue weighted by molar-refractivity contribution is -0.0222. The number of nitrogens with one attached hydrogen (secondary N) is 1. The number of imidazole rings is 1. The highest BCUT2D eigenvalue weighted by molar-refractivity contribution is 6.31. The van der Waals surface area contributed by atoms with Gasteiger partial charge in [-0.25, -0.2) is 23.7 Å². The second-order valence-electron chi connectivity index (χ2n) is 9.83. The summed E-state index contributed by atoms with van der Waals surface area (Å²) in [6, 6.07) is 6.65. The van der Waals surface area contributed by atoms with Gasteiger partial charge >= 0.3 is 0 Å². The van der Waals surface area contributed by atoms with E-state index in [0.29, 0.717) is 40.0 Å². The fourth-order valence-electron chi connectivity index (χ4n) is 4.95. The molecule has 1 aliphatic carbocycles. The van der Waals surface area contributed by atoms with Crippen molar-refractivity contribution in [3.63, 3.8) is 0 Å². The summed E-state index contributed by atoms with van der Waals surface area (Å²) < 4.78 is 29.8. The number of pyridine rings is 1. The van der Waals surface area contributed by atoms with E-state index in [4.69, 9.17) is 33.2 Å². The molecule has 192 valence electrons. The average Bonchev–Trinajstić information content (AvgIpc) is 3.62. The van der Waals surface area contributed by atoms with Crippen molar-refractivity contribution in [2.75, 3.05) is 23.3 Å². The largest absolute Gasteiger partial charge is 0.377 e. The van der Waals surface area contributed by atoms with E-state index in [-0.39, 0.29) is 42.8 Å². The van der Waals surface area contributed by atoms with E-state index in [9.17, 15) is 13.6 Å². The van der Waals surface area contributed by atoms with Gasteiger partial charge in [0.25, 0.3) is 5.92 Å². The number of benzene rings is 1. The van der Waals surface area contributed by atoms with Gasteiger partial charge < -0.3 is 10.2 Å². The molecular weight excluding hydrogens is 521 g/mol. The number of hydrogen-bond acceptors (Lipinski definition) is 6. The van der Waals surface area contributed by atoms with Crippen LogP contribution in [0.15, 0.2) is 30.5 Å². The van der Waals surface area contributed by atoms with Crippen LogP contribution < -0.4 is 10.2 Å². The van der Waals surface area contributed by atoms with Crippen molar-refractivity contribution in [1.82, 2.24) is 19.4 Å². The van der Waals surface area contributed by atoms with Crippen molar-refractivity contribution in [2.24, 2.45) is 0 Å². The Bertz CT molecular complexity index is 1530. The molecular formula is C26H24Cl2F2N6O. The van der Waals surface area contributed by atoms with Crippen molar-refractivity contribution in [3.05, 3.63) is 57.6 Å². The monoisotopic (exact) mass is 544 g/mol. The Hall–Kier alpha value is -3.04. The lowest BCUT2D eigenvalue weighted by Crippen LogP contribution is -2.40. The number of alkyl halides is 2. The molecule has 1 aliphatic heterocycles. The summed E-state index contributed by atoms with van der Waals surface area (Å²) in [5.74, 6) is -1.66. The Labute approximate surface area is 221 Å². The van der Waals surface area contributed by atoms with Crippen LogP contribution >= 0.6 is 23.2 Å². The van der Waals surface area contributed by atoms with Crippen LogP contribution in [0, 0.1) is 0 Å². The Balaban J connectivity index is 1.50. The maximum absolute atomic E-state index is 14.0. The predicted molar refractivity (Wildman–Crippen MR) is 141 cm³/mol. The number of nitrogens with zero attached hydrogens (tertiary/aromatic N) is 5. The number of carbonyl (C=O) groups is 1. The first kappa shape index (κ1) is 24.3. The van der Waals surface area contributed by atoms with E-state index in [1.54, 1.807) is 12.1 Å². The van der Waals surface area contributed by atoms with Crippen molar-refractivity contribution in [1.29, 1.82) is 0 Å². The van der Waals surface area contributed by atoms with Gasteiger partial charge in [0.2, 0.25) is 5.95 Å². The number of hydrogen-bond donors (Lipinski definition) is 1. The lowest BCUT2D eigenvalue weighted by atomic mass is 10.0. The van der Waals surface area contributed by atoms with Gasteiger partial charge in [-0.3, -0.25) is 9.20 Å². The Morgan fingerprint density at radius 3 is 2.59 bits per heavy atom. The van der Waals surface area contributed by atoms with Gasteiger partial charge in [0, 0.05) is 54.0 Å². The number of rotatable bonds is 6. The summed E-state index contributed by atoms with van der Waals surface area (Å²) in [6.45, 7) is 2.34. The molecule has 0 amide bonds. The van der Waals surface area contributed by atoms with Crippen LogP contribution in [0.4, 0.5) is 20.4 Å². The molecule has 1 N–H and O–H groups in total. The fraction of sp³-hybridized carbons (Fsp3) is 0.385. The topological polar surface area (TPSA) is 75.4 Å².